The molecule has 0 aliphatic heterocycles. The first-order valence-corrected chi connectivity index (χ1v) is 4.57. The highest BCUT2D eigenvalue weighted by molar-refractivity contribution is 14.1. The Kier molecular flexibility index (Phi) is 2.76. The van der Waals surface area contributed by atoms with Gasteiger partial charge in [0.1, 0.15) is 0 Å². The molecule has 0 aromatic rings. The van der Waals surface area contributed by atoms with Crippen molar-refractivity contribution in [2.75, 3.05) is 7.05 Å². The van der Waals surface area contributed by atoms with Crippen LogP contribution in [-0.4, -0.2) is 16.2 Å². The Bertz CT molecular complexity index is 92.9. The largest absolute Gasteiger partial charge is 0.247 e. The lowest BCUT2D eigenvalue weighted by Crippen LogP contribution is -2.24. The Hall–Kier alpha value is 0.690. The van der Waals surface area contributed by atoms with E-state index >= 15 is 0 Å². The molecule has 0 radical (unpaired) electrons. The number of hydrogen-bond donors (Lipinski definition) is 0. The van der Waals surface area contributed by atoms with Crippen LogP contribution in [0.3, 0.4) is 0 Å². The van der Waals surface area contributed by atoms with Crippen molar-refractivity contribution >= 4 is 22.9 Å². The SMILES string of the molecule is CC1CCCC1N(C)I. The molecule has 2 unspecified atom stereocenters. The molecular weight excluding hydrogens is 225 g/mol. The molecule has 0 heterocycles. The summed E-state index contributed by atoms with van der Waals surface area (Å²) in [5.41, 5.74) is 0. The first kappa shape index (κ1) is 7.79. The molecule has 0 aromatic carbocycles. The zero-order valence-electron chi connectivity index (χ0n) is 6.10. The van der Waals surface area contributed by atoms with E-state index < -0.39 is 0 Å². The first-order chi connectivity index (χ1) is 4.22. The zero-order valence-corrected chi connectivity index (χ0v) is 8.26. The molecule has 0 amide bonds. The third kappa shape index (κ3) is 1.80. The molecule has 0 spiro atoms. The number of nitrogens with zero attached hydrogens (tertiary/aromatic N) is 1. The smallest absolute Gasteiger partial charge is 0.0216 e. The van der Waals surface area contributed by atoms with Gasteiger partial charge in [-0.3, -0.25) is 0 Å². The van der Waals surface area contributed by atoms with E-state index in [0.29, 0.717) is 0 Å². The maximum atomic E-state index is 2.39. The average molecular weight is 239 g/mol. The second kappa shape index (κ2) is 3.19. The van der Waals surface area contributed by atoms with Crippen molar-refractivity contribution in [3.8, 4) is 0 Å². The summed E-state index contributed by atoms with van der Waals surface area (Å²) < 4.78 is 2.33. The van der Waals surface area contributed by atoms with Crippen molar-refractivity contribution in [1.82, 2.24) is 3.11 Å². The summed E-state index contributed by atoms with van der Waals surface area (Å²) >= 11 is 2.39. The van der Waals surface area contributed by atoms with Crippen LogP contribution in [0.15, 0.2) is 0 Å². The Labute approximate surface area is 71.3 Å². The van der Waals surface area contributed by atoms with E-state index in [1.807, 2.05) is 0 Å². The summed E-state index contributed by atoms with van der Waals surface area (Å²) in [6, 6.07) is 0.852. The van der Waals surface area contributed by atoms with Gasteiger partial charge in [0.05, 0.1) is 0 Å². The molecule has 1 rings (SSSR count). The standard InChI is InChI=1S/C7H14IN/c1-6-4-3-5-7(6)9(2)8/h6-7H,3-5H2,1-2H3. The van der Waals surface area contributed by atoms with E-state index in [9.17, 15) is 0 Å². The lowest BCUT2D eigenvalue weighted by atomic mass is 10.1. The van der Waals surface area contributed by atoms with Crippen LogP contribution in [0, 0.1) is 5.92 Å². The molecule has 1 aliphatic carbocycles. The minimum atomic E-state index is 0.852. The van der Waals surface area contributed by atoms with E-state index in [1.165, 1.54) is 19.3 Å². The Morgan fingerprint density at radius 1 is 1.44 bits per heavy atom. The molecule has 1 fully saturated rings. The van der Waals surface area contributed by atoms with Crippen LogP contribution in [0.2, 0.25) is 0 Å². The lowest BCUT2D eigenvalue weighted by molar-refractivity contribution is 0.364. The molecule has 0 bridgehead atoms. The van der Waals surface area contributed by atoms with Crippen LogP contribution < -0.4 is 0 Å². The lowest BCUT2D eigenvalue weighted by Gasteiger charge is -2.20. The fourth-order valence-electron chi connectivity index (χ4n) is 1.65. The Morgan fingerprint density at radius 3 is 2.33 bits per heavy atom. The number of rotatable bonds is 1. The van der Waals surface area contributed by atoms with Crippen LogP contribution in [0.5, 0.6) is 0 Å². The molecule has 0 N–H and O–H groups in total. The normalized spacial score (nSPS) is 36.0. The van der Waals surface area contributed by atoms with E-state index in [2.05, 4.69) is 39.9 Å². The van der Waals surface area contributed by atoms with Gasteiger partial charge in [0, 0.05) is 28.9 Å². The quantitative estimate of drug-likeness (QED) is 0.501. The first-order valence-electron chi connectivity index (χ1n) is 3.60. The molecule has 9 heavy (non-hydrogen) atoms. The molecule has 1 saturated carbocycles. The van der Waals surface area contributed by atoms with Gasteiger partial charge in [-0.1, -0.05) is 13.3 Å². The fourth-order valence-corrected chi connectivity index (χ4v) is 2.48. The van der Waals surface area contributed by atoms with Crippen molar-refractivity contribution in [2.45, 2.75) is 32.2 Å². The van der Waals surface area contributed by atoms with Crippen LogP contribution >= 0.6 is 22.9 Å². The van der Waals surface area contributed by atoms with Gasteiger partial charge in [-0.25, -0.2) is 3.11 Å². The summed E-state index contributed by atoms with van der Waals surface area (Å²) in [6.07, 6.45) is 4.26. The monoisotopic (exact) mass is 239 g/mol. The topological polar surface area (TPSA) is 3.24 Å². The summed E-state index contributed by atoms with van der Waals surface area (Å²) in [5, 5.41) is 0. The minimum Gasteiger partial charge on any atom is -0.247 e. The maximum Gasteiger partial charge on any atom is 0.0216 e. The summed E-state index contributed by atoms with van der Waals surface area (Å²) in [5.74, 6) is 0.923. The van der Waals surface area contributed by atoms with Crippen LogP contribution in [0.25, 0.3) is 0 Å². The van der Waals surface area contributed by atoms with Gasteiger partial charge in [0.2, 0.25) is 0 Å². The summed E-state index contributed by atoms with van der Waals surface area (Å²) in [7, 11) is 2.17. The maximum absolute atomic E-state index is 2.39. The molecule has 2 heteroatoms. The minimum absolute atomic E-state index is 0.852. The van der Waals surface area contributed by atoms with E-state index in [1.54, 1.807) is 0 Å². The van der Waals surface area contributed by atoms with E-state index in [4.69, 9.17) is 0 Å². The second-order valence-electron chi connectivity index (χ2n) is 3.00. The number of hydrogen-bond acceptors (Lipinski definition) is 1. The Morgan fingerprint density at radius 2 is 2.11 bits per heavy atom. The van der Waals surface area contributed by atoms with Crippen molar-refractivity contribution in [3.63, 3.8) is 0 Å². The fraction of sp³-hybridized carbons (Fsp3) is 1.00. The van der Waals surface area contributed by atoms with Crippen molar-refractivity contribution in [3.05, 3.63) is 0 Å². The van der Waals surface area contributed by atoms with Crippen LogP contribution in [0.1, 0.15) is 26.2 Å². The number of halogens is 1. The van der Waals surface area contributed by atoms with Gasteiger partial charge >= 0.3 is 0 Å². The van der Waals surface area contributed by atoms with Crippen LogP contribution in [0.4, 0.5) is 0 Å². The molecule has 1 aliphatic rings. The molecule has 1 nitrogen and oxygen atoms in total. The third-order valence-electron chi connectivity index (χ3n) is 2.27. The molecule has 2 atom stereocenters. The predicted molar refractivity (Wildman–Crippen MR) is 48.6 cm³/mol. The highest BCUT2D eigenvalue weighted by atomic mass is 127. The molecule has 0 aromatic heterocycles. The molecule has 54 valence electrons. The van der Waals surface area contributed by atoms with Crippen molar-refractivity contribution < 1.29 is 0 Å². The average Bonchev–Trinajstić information content (AvgIpc) is 2.13. The van der Waals surface area contributed by atoms with Gasteiger partial charge in [0.15, 0.2) is 0 Å². The summed E-state index contributed by atoms with van der Waals surface area (Å²) in [4.78, 5) is 0. The second-order valence-corrected chi connectivity index (χ2v) is 4.52. The third-order valence-corrected chi connectivity index (χ3v) is 2.99. The van der Waals surface area contributed by atoms with Crippen LogP contribution in [-0.2, 0) is 0 Å². The van der Waals surface area contributed by atoms with Gasteiger partial charge < -0.3 is 0 Å². The van der Waals surface area contributed by atoms with E-state index in [-0.39, 0.29) is 0 Å². The van der Waals surface area contributed by atoms with Crippen molar-refractivity contribution in [1.29, 1.82) is 0 Å². The van der Waals surface area contributed by atoms with Gasteiger partial charge in [0.25, 0.3) is 0 Å². The van der Waals surface area contributed by atoms with Gasteiger partial charge in [-0.15, -0.1) is 0 Å². The summed E-state index contributed by atoms with van der Waals surface area (Å²) in [6.45, 7) is 2.35. The highest BCUT2D eigenvalue weighted by Gasteiger charge is 2.25. The predicted octanol–water partition coefficient (Wildman–Crippen LogP) is 2.46. The zero-order chi connectivity index (χ0) is 6.85. The Balaban J connectivity index is 2.40. The molecular formula is C7H14IN. The van der Waals surface area contributed by atoms with E-state index in [0.717, 1.165) is 12.0 Å². The van der Waals surface area contributed by atoms with Gasteiger partial charge in [-0.05, 0) is 25.8 Å². The molecule has 0 saturated heterocycles. The van der Waals surface area contributed by atoms with Gasteiger partial charge in [-0.2, -0.15) is 0 Å². The highest BCUT2D eigenvalue weighted by Crippen LogP contribution is 2.29. The van der Waals surface area contributed by atoms with Crippen molar-refractivity contribution in [2.24, 2.45) is 5.92 Å².